The maximum Gasteiger partial charge on any atom is 0.335 e. The third kappa shape index (κ3) is 5.82. The van der Waals surface area contributed by atoms with Crippen molar-refractivity contribution in [2.45, 2.75) is 43.4 Å². The molecular formula is C14H18O7S. The summed E-state index contributed by atoms with van der Waals surface area (Å²) in [6, 6.07) is 2.13. The fourth-order valence-corrected chi connectivity index (χ4v) is 2.61. The van der Waals surface area contributed by atoms with Crippen molar-refractivity contribution in [3.05, 3.63) is 29.3 Å². The van der Waals surface area contributed by atoms with E-state index < -0.39 is 38.1 Å². The molecule has 3 N–H and O–H groups in total. The highest BCUT2D eigenvalue weighted by molar-refractivity contribution is 7.85. The van der Waals surface area contributed by atoms with Crippen LogP contribution in [0.5, 0.6) is 0 Å². The highest BCUT2D eigenvalue weighted by atomic mass is 32.2. The minimum absolute atomic E-state index is 0.535. The second kappa shape index (κ2) is 7.90. The van der Waals surface area contributed by atoms with Gasteiger partial charge in [0.05, 0.1) is 16.0 Å². The van der Waals surface area contributed by atoms with E-state index in [9.17, 15) is 18.0 Å². The van der Waals surface area contributed by atoms with Gasteiger partial charge in [0.15, 0.2) is 0 Å². The molecule has 0 aliphatic heterocycles. The van der Waals surface area contributed by atoms with E-state index >= 15 is 0 Å². The van der Waals surface area contributed by atoms with Gasteiger partial charge in [0.1, 0.15) is 0 Å². The Morgan fingerprint density at radius 3 is 1.32 bits per heavy atom. The Labute approximate surface area is 128 Å². The normalized spacial score (nSPS) is 14.6. The smallest absolute Gasteiger partial charge is 0.335 e. The summed E-state index contributed by atoms with van der Waals surface area (Å²) in [6.45, 7) is 0. The summed E-state index contributed by atoms with van der Waals surface area (Å²) in [6.07, 6.45) is 9.00. The molecule has 0 atom stereocenters. The number of carboxylic acids is 2. The third-order valence-corrected chi connectivity index (χ3v) is 4.03. The van der Waals surface area contributed by atoms with Gasteiger partial charge in [-0.25, -0.2) is 9.59 Å². The molecular weight excluding hydrogens is 312 g/mol. The number of benzene rings is 1. The van der Waals surface area contributed by atoms with Crippen LogP contribution in [0.4, 0.5) is 0 Å². The Morgan fingerprint density at radius 2 is 1.09 bits per heavy atom. The zero-order valence-electron chi connectivity index (χ0n) is 11.9. The largest absolute Gasteiger partial charge is 0.478 e. The Hall–Kier alpha value is -1.93. The Kier molecular flexibility index (Phi) is 6.51. The SMILES string of the molecule is C1CCCCC1.O=C(O)c1cc(C(=O)O)cc(S(=O)(=O)O)c1. The van der Waals surface area contributed by atoms with E-state index in [1.807, 2.05) is 0 Å². The van der Waals surface area contributed by atoms with Gasteiger partial charge in [-0.05, 0) is 18.2 Å². The minimum Gasteiger partial charge on any atom is -0.478 e. The van der Waals surface area contributed by atoms with Crippen molar-refractivity contribution in [2.75, 3.05) is 0 Å². The van der Waals surface area contributed by atoms with E-state index in [2.05, 4.69) is 0 Å². The van der Waals surface area contributed by atoms with Gasteiger partial charge in [0.2, 0.25) is 0 Å². The Morgan fingerprint density at radius 1 is 0.773 bits per heavy atom. The van der Waals surface area contributed by atoms with Crippen LogP contribution in [0.3, 0.4) is 0 Å². The molecule has 0 bridgehead atoms. The van der Waals surface area contributed by atoms with Gasteiger partial charge in [-0.15, -0.1) is 0 Å². The van der Waals surface area contributed by atoms with E-state index in [0.717, 1.165) is 6.07 Å². The number of carbonyl (C=O) groups is 2. The highest BCUT2D eigenvalue weighted by Gasteiger charge is 2.17. The van der Waals surface area contributed by atoms with Crippen LogP contribution < -0.4 is 0 Å². The molecule has 2 rings (SSSR count). The van der Waals surface area contributed by atoms with Crippen LogP contribution in [0.25, 0.3) is 0 Å². The maximum absolute atomic E-state index is 10.8. The molecule has 0 unspecified atom stereocenters. The van der Waals surface area contributed by atoms with Gasteiger partial charge in [-0.2, -0.15) is 8.42 Å². The summed E-state index contributed by atoms with van der Waals surface area (Å²) < 4.78 is 30.2. The van der Waals surface area contributed by atoms with E-state index in [4.69, 9.17) is 14.8 Å². The summed E-state index contributed by atoms with van der Waals surface area (Å²) in [5.74, 6) is -2.99. The monoisotopic (exact) mass is 330 g/mol. The van der Waals surface area contributed by atoms with E-state index in [1.54, 1.807) is 0 Å². The molecule has 0 saturated heterocycles. The van der Waals surface area contributed by atoms with Crippen LogP contribution in [0.2, 0.25) is 0 Å². The number of hydrogen-bond donors (Lipinski definition) is 3. The first-order chi connectivity index (χ1) is 10.2. The number of carboxylic acid groups (broad SMARTS) is 2. The molecule has 1 aromatic carbocycles. The first-order valence-electron chi connectivity index (χ1n) is 6.81. The van der Waals surface area contributed by atoms with Crippen molar-refractivity contribution in [3.8, 4) is 0 Å². The average molecular weight is 330 g/mol. The summed E-state index contributed by atoms with van der Waals surface area (Å²) in [7, 11) is -4.64. The molecule has 1 aliphatic rings. The lowest BCUT2D eigenvalue weighted by atomic mass is 10.0. The van der Waals surface area contributed by atoms with Crippen molar-refractivity contribution in [3.63, 3.8) is 0 Å². The zero-order valence-corrected chi connectivity index (χ0v) is 12.7. The number of aromatic carboxylic acids is 2. The van der Waals surface area contributed by atoms with Crippen LogP contribution in [0.1, 0.15) is 59.2 Å². The molecule has 22 heavy (non-hydrogen) atoms. The third-order valence-electron chi connectivity index (χ3n) is 3.20. The molecule has 1 aliphatic carbocycles. The van der Waals surface area contributed by atoms with Gasteiger partial charge in [0, 0.05) is 0 Å². The molecule has 8 heteroatoms. The summed E-state index contributed by atoms with van der Waals surface area (Å²) in [5, 5.41) is 17.2. The topological polar surface area (TPSA) is 129 Å². The highest BCUT2D eigenvalue weighted by Crippen LogP contribution is 2.16. The molecule has 0 amide bonds. The molecule has 1 aromatic rings. The molecule has 7 nitrogen and oxygen atoms in total. The maximum atomic E-state index is 10.8. The first kappa shape index (κ1) is 18.1. The lowest BCUT2D eigenvalue weighted by Crippen LogP contribution is -2.07. The van der Waals surface area contributed by atoms with Crippen LogP contribution in [0.15, 0.2) is 23.1 Å². The summed E-state index contributed by atoms with van der Waals surface area (Å²) in [4.78, 5) is 20.4. The predicted molar refractivity (Wildman–Crippen MR) is 77.9 cm³/mol. The predicted octanol–water partition coefficient (Wildman–Crippen LogP) is 2.67. The van der Waals surface area contributed by atoms with Crippen molar-refractivity contribution >= 4 is 22.1 Å². The number of rotatable bonds is 3. The second-order valence-corrected chi connectivity index (χ2v) is 6.37. The zero-order chi connectivity index (χ0) is 16.8. The fourth-order valence-electron chi connectivity index (χ4n) is 2.06. The molecule has 0 radical (unpaired) electrons. The van der Waals surface area contributed by atoms with Gasteiger partial charge < -0.3 is 10.2 Å². The lowest BCUT2D eigenvalue weighted by Gasteiger charge is -2.05. The minimum atomic E-state index is -4.64. The van der Waals surface area contributed by atoms with Crippen LogP contribution in [0, 0.1) is 0 Å². The van der Waals surface area contributed by atoms with Crippen LogP contribution in [-0.2, 0) is 10.1 Å². The van der Waals surface area contributed by atoms with Gasteiger partial charge >= 0.3 is 11.9 Å². The molecule has 0 spiro atoms. The van der Waals surface area contributed by atoms with Gasteiger partial charge in [-0.1, -0.05) is 38.5 Å². The van der Waals surface area contributed by atoms with Crippen molar-refractivity contribution < 1.29 is 32.8 Å². The molecule has 1 saturated carbocycles. The fraction of sp³-hybridized carbons (Fsp3) is 0.429. The standard InChI is InChI=1S/C8H6O7S.C6H12/c9-7(10)4-1-5(8(11)12)3-6(2-4)16(13,14)15;1-2-4-6-5-3-1/h1-3H,(H,9,10)(H,11,12)(H,13,14,15);1-6H2. The second-order valence-electron chi connectivity index (χ2n) is 4.95. The van der Waals surface area contributed by atoms with Crippen molar-refractivity contribution in [2.24, 2.45) is 0 Å². The average Bonchev–Trinajstić information content (AvgIpc) is 2.48. The summed E-state index contributed by atoms with van der Waals surface area (Å²) in [5.41, 5.74) is -1.07. The summed E-state index contributed by atoms with van der Waals surface area (Å²) >= 11 is 0. The van der Waals surface area contributed by atoms with Crippen LogP contribution in [-0.4, -0.2) is 35.1 Å². The molecule has 0 aromatic heterocycles. The molecule has 1 fully saturated rings. The van der Waals surface area contributed by atoms with E-state index in [1.165, 1.54) is 38.5 Å². The van der Waals surface area contributed by atoms with Crippen LogP contribution >= 0.6 is 0 Å². The van der Waals surface area contributed by atoms with Crippen molar-refractivity contribution in [1.29, 1.82) is 0 Å². The number of hydrogen-bond acceptors (Lipinski definition) is 4. The quantitative estimate of drug-likeness (QED) is 0.726. The van der Waals surface area contributed by atoms with E-state index in [0.29, 0.717) is 12.1 Å². The Bertz CT molecular complexity index is 601. The van der Waals surface area contributed by atoms with Gasteiger partial charge in [0.25, 0.3) is 10.1 Å². The first-order valence-corrected chi connectivity index (χ1v) is 8.25. The molecule has 122 valence electrons. The van der Waals surface area contributed by atoms with Crippen molar-refractivity contribution in [1.82, 2.24) is 0 Å². The molecule has 0 heterocycles. The van der Waals surface area contributed by atoms with Gasteiger partial charge in [-0.3, -0.25) is 4.55 Å². The van der Waals surface area contributed by atoms with E-state index in [-0.39, 0.29) is 0 Å². The Balaban J connectivity index is 0.000000335. The lowest BCUT2D eigenvalue weighted by molar-refractivity contribution is 0.0696.